The number of rotatable bonds is 5. The molecule has 0 spiro atoms. The van der Waals surface area contributed by atoms with Crippen LogP contribution in [0.3, 0.4) is 0 Å². The minimum atomic E-state index is -0.538. The van der Waals surface area contributed by atoms with Crippen LogP contribution >= 0.6 is 11.6 Å². The summed E-state index contributed by atoms with van der Waals surface area (Å²) in [6, 6.07) is 20.1. The Morgan fingerprint density at radius 1 is 0.929 bits per heavy atom. The molecule has 0 fully saturated rings. The molecule has 0 heterocycles. The smallest absolute Gasteiger partial charge is 0.338 e. The highest BCUT2D eigenvalue weighted by atomic mass is 35.5. The molecule has 0 bridgehead atoms. The number of anilines is 1. The molecule has 0 aromatic heterocycles. The molecule has 0 aliphatic rings. The number of azo groups is 1. The number of carbonyl (C=O) groups excluding carboxylic acids is 2. The molecule has 1 N–H and O–H groups in total. The highest BCUT2D eigenvalue weighted by Crippen LogP contribution is 2.18. The molecule has 0 atom stereocenters. The fourth-order valence-electron chi connectivity index (χ4n) is 2.32. The molecule has 0 aliphatic carbocycles. The van der Waals surface area contributed by atoms with Gasteiger partial charge in [-0.3, -0.25) is 4.79 Å². The van der Waals surface area contributed by atoms with Crippen LogP contribution in [0.25, 0.3) is 0 Å². The second-order valence-corrected chi connectivity index (χ2v) is 6.30. The molecule has 1 amide bonds. The number of hydrogen-bond donors (Lipinski definition) is 1. The lowest BCUT2D eigenvalue weighted by atomic mass is 10.1. The summed E-state index contributed by atoms with van der Waals surface area (Å²) in [5, 5.41) is 8.23. The zero-order valence-corrected chi connectivity index (χ0v) is 15.7. The molecular formula is C21H16ClN3O3. The van der Waals surface area contributed by atoms with Crippen molar-refractivity contribution in [1.29, 1.82) is 0 Å². The first-order valence-electron chi connectivity index (χ1n) is 8.37. The van der Waals surface area contributed by atoms with Gasteiger partial charge in [0.25, 0.3) is 5.91 Å². The number of benzene rings is 3. The van der Waals surface area contributed by atoms with E-state index in [0.717, 1.165) is 5.56 Å². The van der Waals surface area contributed by atoms with Gasteiger partial charge in [-0.15, -0.1) is 10.2 Å². The largest absolute Gasteiger partial charge is 0.362 e. The fourth-order valence-corrected chi connectivity index (χ4v) is 2.44. The van der Waals surface area contributed by atoms with Gasteiger partial charge in [0.2, 0.25) is 0 Å². The normalized spacial score (nSPS) is 10.6. The first-order chi connectivity index (χ1) is 13.5. The average molecular weight is 394 g/mol. The maximum absolute atomic E-state index is 12.1. The van der Waals surface area contributed by atoms with Crippen molar-refractivity contribution in [2.75, 3.05) is 5.48 Å². The number of halogens is 1. The standard InChI is InChI=1S/C21H16ClN3O3/c1-14-4-2-3-5-19(14)20(26)24-23-17-10-12-18(13-11-17)25-28-21(27)15-6-8-16(22)9-7-15/h2-13,25H,1H3. The van der Waals surface area contributed by atoms with Crippen LogP contribution < -0.4 is 5.48 Å². The Bertz CT molecular complexity index is 1020. The van der Waals surface area contributed by atoms with E-state index in [2.05, 4.69) is 15.7 Å². The van der Waals surface area contributed by atoms with Crippen LogP contribution in [-0.4, -0.2) is 11.9 Å². The summed E-state index contributed by atoms with van der Waals surface area (Å²) in [4.78, 5) is 29.1. The van der Waals surface area contributed by atoms with Crippen LogP contribution in [0.15, 0.2) is 83.0 Å². The van der Waals surface area contributed by atoms with Gasteiger partial charge in [-0.1, -0.05) is 29.8 Å². The van der Waals surface area contributed by atoms with Gasteiger partial charge in [0.15, 0.2) is 0 Å². The Morgan fingerprint density at radius 3 is 2.29 bits per heavy atom. The Balaban J connectivity index is 1.57. The highest BCUT2D eigenvalue weighted by Gasteiger charge is 2.08. The molecule has 7 heteroatoms. The zero-order valence-electron chi connectivity index (χ0n) is 14.9. The quantitative estimate of drug-likeness (QED) is 0.441. The average Bonchev–Trinajstić information content (AvgIpc) is 2.72. The molecule has 0 aliphatic heterocycles. The van der Waals surface area contributed by atoms with Gasteiger partial charge in [-0.05, 0) is 67.1 Å². The van der Waals surface area contributed by atoms with Crippen molar-refractivity contribution in [3.05, 3.63) is 94.5 Å². The lowest BCUT2D eigenvalue weighted by molar-refractivity contribution is 0.0596. The molecule has 3 aromatic rings. The predicted molar refractivity (Wildman–Crippen MR) is 107 cm³/mol. The number of nitrogens with one attached hydrogen (secondary N) is 1. The van der Waals surface area contributed by atoms with E-state index >= 15 is 0 Å². The van der Waals surface area contributed by atoms with Crippen molar-refractivity contribution < 1.29 is 14.4 Å². The van der Waals surface area contributed by atoms with Gasteiger partial charge in [-0.2, -0.15) is 0 Å². The first kappa shape index (κ1) is 19.3. The second kappa shape index (κ2) is 8.92. The van der Waals surface area contributed by atoms with Gasteiger partial charge in [0.1, 0.15) is 0 Å². The van der Waals surface area contributed by atoms with Crippen molar-refractivity contribution in [1.82, 2.24) is 0 Å². The Morgan fingerprint density at radius 2 is 1.61 bits per heavy atom. The zero-order chi connectivity index (χ0) is 19.9. The third-order valence-electron chi connectivity index (χ3n) is 3.84. The summed E-state index contributed by atoms with van der Waals surface area (Å²) in [7, 11) is 0. The molecule has 3 rings (SSSR count). The van der Waals surface area contributed by atoms with E-state index in [-0.39, 0.29) is 0 Å². The van der Waals surface area contributed by atoms with Gasteiger partial charge in [0.05, 0.1) is 16.9 Å². The molecule has 0 saturated heterocycles. The highest BCUT2D eigenvalue weighted by molar-refractivity contribution is 6.30. The minimum Gasteiger partial charge on any atom is -0.338 e. The summed E-state index contributed by atoms with van der Waals surface area (Å²) >= 11 is 5.79. The predicted octanol–water partition coefficient (Wildman–Crippen LogP) is 5.76. The number of carbonyl (C=O) groups is 2. The van der Waals surface area contributed by atoms with Crippen molar-refractivity contribution in [3.8, 4) is 0 Å². The first-order valence-corrected chi connectivity index (χ1v) is 8.75. The van der Waals surface area contributed by atoms with E-state index in [1.807, 2.05) is 19.1 Å². The summed E-state index contributed by atoms with van der Waals surface area (Å²) < 4.78 is 0. The topological polar surface area (TPSA) is 80.1 Å². The lowest BCUT2D eigenvalue weighted by Gasteiger charge is -2.07. The van der Waals surface area contributed by atoms with Crippen LogP contribution in [0.2, 0.25) is 5.02 Å². The summed E-state index contributed by atoms with van der Waals surface area (Å²) in [6.07, 6.45) is 0. The van der Waals surface area contributed by atoms with E-state index in [1.54, 1.807) is 60.7 Å². The van der Waals surface area contributed by atoms with Gasteiger partial charge >= 0.3 is 5.97 Å². The van der Waals surface area contributed by atoms with Crippen molar-refractivity contribution in [3.63, 3.8) is 0 Å². The lowest BCUT2D eigenvalue weighted by Crippen LogP contribution is -2.10. The summed E-state index contributed by atoms with van der Waals surface area (Å²) in [6.45, 7) is 1.84. The van der Waals surface area contributed by atoms with Crippen LogP contribution in [0.4, 0.5) is 11.4 Å². The third kappa shape index (κ3) is 5.02. The van der Waals surface area contributed by atoms with E-state index in [9.17, 15) is 9.59 Å². The molecule has 140 valence electrons. The van der Waals surface area contributed by atoms with Gasteiger partial charge in [0, 0.05) is 10.6 Å². The maximum Gasteiger partial charge on any atom is 0.362 e. The van der Waals surface area contributed by atoms with Crippen LogP contribution in [0.5, 0.6) is 0 Å². The summed E-state index contributed by atoms with van der Waals surface area (Å²) in [5.74, 6) is -0.943. The Labute approximate surface area is 166 Å². The van der Waals surface area contributed by atoms with E-state index in [1.165, 1.54) is 0 Å². The molecule has 28 heavy (non-hydrogen) atoms. The van der Waals surface area contributed by atoms with E-state index in [0.29, 0.717) is 27.5 Å². The molecule has 0 unspecified atom stereocenters. The van der Waals surface area contributed by atoms with Gasteiger partial charge < -0.3 is 4.84 Å². The summed E-state index contributed by atoms with van der Waals surface area (Å²) in [5.41, 5.74) is 5.33. The second-order valence-electron chi connectivity index (χ2n) is 5.87. The number of aryl methyl sites for hydroxylation is 1. The number of hydrogen-bond acceptors (Lipinski definition) is 5. The van der Waals surface area contributed by atoms with E-state index in [4.69, 9.17) is 16.4 Å². The molecule has 0 saturated carbocycles. The molecular weight excluding hydrogens is 378 g/mol. The van der Waals surface area contributed by atoms with Crippen LogP contribution in [-0.2, 0) is 4.84 Å². The van der Waals surface area contributed by atoms with Crippen molar-refractivity contribution >= 4 is 34.9 Å². The Hall–Kier alpha value is -3.51. The third-order valence-corrected chi connectivity index (χ3v) is 4.09. The maximum atomic E-state index is 12.1. The fraction of sp³-hybridized carbons (Fsp3) is 0.0476. The van der Waals surface area contributed by atoms with Crippen LogP contribution in [0.1, 0.15) is 26.3 Å². The van der Waals surface area contributed by atoms with Crippen LogP contribution in [0, 0.1) is 6.92 Å². The SMILES string of the molecule is Cc1ccccc1C(=O)N=Nc1ccc(NOC(=O)c2ccc(Cl)cc2)cc1. The molecule has 3 aromatic carbocycles. The molecule has 6 nitrogen and oxygen atoms in total. The monoisotopic (exact) mass is 393 g/mol. The van der Waals surface area contributed by atoms with Crippen molar-refractivity contribution in [2.45, 2.75) is 6.92 Å². The number of nitrogens with zero attached hydrogens (tertiary/aromatic N) is 2. The Kier molecular flexibility index (Phi) is 6.14. The minimum absolute atomic E-state index is 0.372. The van der Waals surface area contributed by atoms with E-state index < -0.39 is 11.9 Å². The van der Waals surface area contributed by atoms with Crippen molar-refractivity contribution in [2.24, 2.45) is 10.2 Å². The van der Waals surface area contributed by atoms with Gasteiger partial charge in [-0.25, -0.2) is 10.3 Å². The number of amides is 1. The molecule has 0 radical (unpaired) electrons.